The number of anilines is 1. The van der Waals surface area contributed by atoms with Gasteiger partial charge in [0.15, 0.2) is 5.78 Å². The number of aryl methyl sites for hydroxylation is 2. The highest BCUT2D eigenvalue weighted by molar-refractivity contribution is 7.89. The number of hydrogen-bond acceptors (Lipinski definition) is 6. The smallest absolute Gasteiger partial charge is 0.239 e. The molecule has 0 unspecified atom stereocenters. The van der Waals surface area contributed by atoms with Crippen LogP contribution in [0, 0.1) is 20.8 Å². The second kappa shape index (κ2) is 9.65. The van der Waals surface area contributed by atoms with Crippen LogP contribution in [0.1, 0.15) is 27.4 Å². The van der Waals surface area contributed by atoms with E-state index in [1.165, 1.54) is 12.1 Å². The van der Waals surface area contributed by atoms with Gasteiger partial charge in [-0.25, -0.2) is 18.5 Å². The molecule has 3 N–H and O–H groups in total. The fourth-order valence-corrected chi connectivity index (χ4v) is 4.17. The van der Waals surface area contributed by atoms with Gasteiger partial charge in [0.2, 0.25) is 15.9 Å². The highest BCUT2D eigenvalue weighted by atomic mass is 32.2. The molecule has 1 amide bonds. The zero-order valence-electron chi connectivity index (χ0n) is 19.0. The van der Waals surface area contributed by atoms with Crippen molar-refractivity contribution in [2.45, 2.75) is 25.7 Å². The first-order valence-corrected chi connectivity index (χ1v) is 11.8. The molecule has 0 aliphatic carbocycles. The Hall–Kier alpha value is -3.34. The fourth-order valence-electron chi connectivity index (χ4n) is 3.65. The maximum absolute atomic E-state index is 12.9. The molecule has 1 aromatic carbocycles. The summed E-state index contributed by atoms with van der Waals surface area (Å²) >= 11 is 0. The molecule has 0 aliphatic rings. The lowest BCUT2D eigenvalue weighted by Crippen LogP contribution is -2.34. The van der Waals surface area contributed by atoms with Crippen molar-refractivity contribution in [3.8, 4) is 5.69 Å². The molecular formula is C23H27N5O4S. The van der Waals surface area contributed by atoms with E-state index in [1.807, 2.05) is 37.5 Å². The number of likely N-dealkylation sites (N-methyl/N-ethyl adjacent to an activating group) is 1. The van der Waals surface area contributed by atoms with E-state index in [1.54, 1.807) is 36.2 Å². The van der Waals surface area contributed by atoms with E-state index in [4.69, 9.17) is 5.14 Å². The number of Topliss-reactive ketones (excluding diaryl/α,β-unsaturated/α-hetero) is 1. The maximum Gasteiger partial charge on any atom is 0.239 e. The van der Waals surface area contributed by atoms with Gasteiger partial charge in [0.1, 0.15) is 5.82 Å². The summed E-state index contributed by atoms with van der Waals surface area (Å²) in [5.41, 5.74) is 3.60. The third-order valence-corrected chi connectivity index (χ3v) is 6.07. The van der Waals surface area contributed by atoms with Crippen LogP contribution in [0.15, 0.2) is 53.4 Å². The van der Waals surface area contributed by atoms with Gasteiger partial charge in [-0.3, -0.25) is 14.5 Å². The van der Waals surface area contributed by atoms with Crippen molar-refractivity contribution >= 4 is 27.5 Å². The van der Waals surface area contributed by atoms with E-state index in [0.717, 1.165) is 22.8 Å². The van der Waals surface area contributed by atoms with Crippen LogP contribution in [0.3, 0.4) is 0 Å². The highest BCUT2D eigenvalue weighted by Crippen LogP contribution is 2.22. The van der Waals surface area contributed by atoms with E-state index in [2.05, 4.69) is 10.3 Å². The van der Waals surface area contributed by atoms with Crippen LogP contribution in [0.4, 0.5) is 5.82 Å². The zero-order chi connectivity index (χ0) is 24.3. The first-order valence-electron chi connectivity index (χ1n) is 10.2. The van der Waals surface area contributed by atoms with Crippen LogP contribution in [-0.2, 0) is 14.8 Å². The Labute approximate surface area is 193 Å². The number of nitrogens with zero attached hydrogens (tertiary/aromatic N) is 3. The normalized spacial score (nSPS) is 11.6. The first kappa shape index (κ1) is 24.3. The van der Waals surface area contributed by atoms with Crippen LogP contribution < -0.4 is 10.5 Å². The molecule has 2 aromatic heterocycles. The summed E-state index contributed by atoms with van der Waals surface area (Å²) < 4.78 is 24.9. The number of nitrogens with one attached hydrogen (secondary N) is 1. The molecule has 2 heterocycles. The summed E-state index contributed by atoms with van der Waals surface area (Å²) in [4.78, 5) is 31.1. The molecular weight excluding hydrogens is 442 g/mol. The van der Waals surface area contributed by atoms with Gasteiger partial charge in [0.25, 0.3) is 0 Å². The molecule has 3 rings (SSSR count). The molecule has 0 saturated heterocycles. The molecule has 174 valence electrons. The average molecular weight is 470 g/mol. The van der Waals surface area contributed by atoms with Gasteiger partial charge in [0, 0.05) is 28.3 Å². The zero-order valence-corrected chi connectivity index (χ0v) is 19.8. The van der Waals surface area contributed by atoms with Crippen molar-refractivity contribution in [1.82, 2.24) is 14.5 Å². The van der Waals surface area contributed by atoms with E-state index in [0.29, 0.717) is 11.4 Å². The Kier molecular flexibility index (Phi) is 7.11. The van der Waals surface area contributed by atoms with Crippen LogP contribution in [0.2, 0.25) is 0 Å². The third kappa shape index (κ3) is 5.92. The number of benzene rings is 1. The van der Waals surface area contributed by atoms with Crippen molar-refractivity contribution in [3.63, 3.8) is 0 Å². The number of sulfonamides is 1. The van der Waals surface area contributed by atoms with Crippen LogP contribution in [0.5, 0.6) is 0 Å². The molecule has 3 aromatic rings. The molecule has 0 fully saturated rings. The number of carbonyl (C=O) groups is 2. The van der Waals surface area contributed by atoms with E-state index < -0.39 is 10.0 Å². The molecule has 0 saturated carbocycles. The molecule has 0 atom stereocenters. The lowest BCUT2D eigenvalue weighted by atomic mass is 10.1. The summed E-state index contributed by atoms with van der Waals surface area (Å²) in [5, 5.41) is 7.89. The second-order valence-electron chi connectivity index (χ2n) is 7.97. The largest absolute Gasteiger partial charge is 0.318 e. The molecule has 9 nitrogen and oxygen atoms in total. The average Bonchev–Trinajstić information content (AvgIpc) is 3.01. The van der Waals surface area contributed by atoms with Gasteiger partial charge in [-0.05, 0) is 70.3 Å². The monoisotopic (exact) mass is 469 g/mol. The predicted octanol–water partition coefficient (Wildman–Crippen LogP) is 2.20. The maximum atomic E-state index is 12.9. The summed E-state index contributed by atoms with van der Waals surface area (Å²) in [5.74, 6) is 0.0834. The quantitative estimate of drug-likeness (QED) is 0.487. The Morgan fingerprint density at radius 3 is 2.33 bits per heavy atom. The Bertz CT molecular complexity index is 1300. The Morgan fingerprint density at radius 1 is 1.06 bits per heavy atom. The van der Waals surface area contributed by atoms with Crippen molar-refractivity contribution in [2.24, 2.45) is 5.14 Å². The molecule has 10 heteroatoms. The number of amides is 1. The minimum atomic E-state index is -3.78. The Balaban J connectivity index is 1.69. The van der Waals surface area contributed by atoms with Gasteiger partial charge in [-0.15, -0.1) is 0 Å². The lowest BCUT2D eigenvalue weighted by molar-refractivity contribution is -0.116. The van der Waals surface area contributed by atoms with E-state index in [-0.39, 0.29) is 29.7 Å². The minimum absolute atomic E-state index is 0.0192. The van der Waals surface area contributed by atoms with E-state index >= 15 is 0 Å². The van der Waals surface area contributed by atoms with Crippen LogP contribution in [-0.4, -0.2) is 54.7 Å². The van der Waals surface area contributed by atoms with Gasteiger partial charge in [0.05, 0.1) is 18.0 Å². The van der Waals surface area contributed by atoms with E-state index in [9.17, 15) is 18.0 Å². The van der Waals surface area contributed by atoms with Crippen LogP contribution in [0.25, 0.3) is 5.69 Å². The summed E-state index contributed by atoms with van der Waals surface area (Å²) in [6, 6.07) is 13.3. The summed E-state index contributed by atoms with van der Waals surface area (Å²) in [6.45, 7) is 5.62. The third-order valence-electron chi connectivity index (χ3n) is 5.14. The molecule has 0 radical (unpaired) electrons. The Morgan fingerprint density at radius 2 is 1.73 bits per heavy atom. The number of rotatable bonds is 8. The van der Waals surface area contributed by atoms with Crippen LogP contribution >= 0.6 is 0 Å². The highest BCUT2D eigenvalue weighted by Gasteiger charge is 2.19. The van der Waals surface area contributed by atoms with Crippen molar-refractivity contribution in [1.29, 1.82) is 0 Å². The fraction of sp³-hybridized carbons (Fsp3) is 0.261. The second-order valence-corrected chi connectivity index (χ2v) is 9.53. The number of carbonyl (C=O) groups excluding carboxylic acids is 2. The predicted molar refractivity (Wildman–Crippen MR) is 126 cm³/mol. The van der Waals surface area contributed by atoms with Gasteiger partial charge >= 0.3 is 0 Å². The number of ketones is 1. The topological polar surface area (TPSA) is 127 Å². The number of pyridine rings is 1. The van der Waals surface area contributed by atoms with Gasteiger partial charge < -0.3 is 9.88 Å². The summed E-state index contributed by atoms with van der Waals surface area (Å²) in [6.07, 6.45) is 0. The van der Waals surface area contributed by atoms with Crippen molar-refractivity contribution < 1.29 is 18.0 Å². The first-order chi connectivity index (χ1) is 15.5. The van der Waals surface area contributed by atoms with Gasteiger partial charge in [-0.1, -0.05) is 6.07 Å². The summed E-state index contributed by atoms with van der Waals surface area (Å²) in [7, 11) is -2.08. The number of nitrogens with two attached hydrogens (primary N) is 1. The number of primary sulfonamides is 1. The number of hydrogen-bond donors (Lipinski definition) is 2. The lowest BCUT2D eigenvalue weighted by Gasteiger charge is -2.15. The molecule has 0 spiro atoms. The minimum Gasteiger partial charge on any atom is -0.318 e. The SMILES string of the molecule is Cc1cccc(NC(=O)CN(C)CC(=O)c2cc(C)n(-c3ccc(S(N)(=O)=O)cc3)c2C)n1. The molecule has 0 aliphatic heterocycles. The van der Waals surface area contributed by atoms with Crippen molar-refractivity contribution in [3.05, 3.63) is 71.2 Å². The molecule has 0 bridgehead atoms. The number of aromatic nitrogens is 2. The van der Waals surface area contributed by atoms with Gasteiger partial charge in [-0.2, -0.15) is 0 Å². The standard InChI is InChI=1S/C23H27N5O4S/c1-15-6-5-7-22(25-15)26-23(30)14-27(4)13-21(29)20-12-16(2)28(17(20)3)18-8-10-19(11-9-18)33(24,31)32/h5-12H,13-14H2,1-4H3,(H2,24,31,32)(H,25,26,30). The molecule has 33 heavy (non-hydrogen) atoms. The van der Waals surface area contributed by atoms with Crippen molar-refractivity contribution in [2.75, 3.05) is 25.5 Å².